The van der Waals surface area contributed by atoms with E-state index in [1.54, 1.807) is 18.3 Å². The summed E-state index contributed by atoms with van der Waals surface area (Å²) in [5.74, 6) is -0.269. The van der Waals surface area contributed by atoms with E-state index in [4.69, 9.17) is 12.2 Å². The number of aryl methyl sites for hydroxylation is 1. The van der Waals surface area contributed by atoms with Crippen LogP contribution in [0.25, 0.3) is 5.69 Å². The molecule has 1 aromatic carbocycles. The van der Waals surface area contributed by atoms with Crippen molar-refractivity contribution in [2.45, 2.75) is 25.9 Å². The molecule has 1 fully saturated rings. The zero-order valence-corrected chi connectivity index (χ0v) is 17.2. The molecule has 3 heterocycles. The van der Waals surface area contributed by atoms with Gasteiger partial charge in [0, 0.05) is 24.1 Å². The van der Waals surface area contributed by atoms with Crippen molar-refractivity contribution in [1.82, 2.24) is 19.8 Å². The Labute approximate surface area is 174 Å². The van der Waals surface area contributed by atoms with Crippen molar-refractivity contribution in [2.24, 2.45) is 0 Å². The predicted molar refractivity (Wildman–Crippen MR) is 114 cm³/mol. The zero-order valence-electron chi connectivity index (χ0n) is 16.3. The van der Waals surface area contributed by atoms with E-state index in [9.17, 15) is 9.50 Å². The van der Waals surface area contributed by atoms with Crippen LogP contribution in [0.1, 0.15) is 34.7 Å². The Morgan fingerprint density at radius 1 is 1.17 bits per heavy atom. The number of rotatable bonds is 5. The third-order valence-corrected chi connectivity index (χ3v) is 5.77. The van der Waals surface area contributed by atoms with E-state index in [0.717, 1.165) is 22.6 Å². The molecule has 1 aliphatic heterocycles. The fourth-order valence-corrected chi connectivity index (χ4v) is 4.52. The van der Waals surface area contributed by atoms with Crippen LogP contribution in [0.2, 0.25) is 0 Å². The summed E-state index contributed by atoms with van der Waals surface area (Å²) in [6.07, 6.45) is 1.76. The van der Waals surface area contributed by atoms with Crippen molar-refractivity contribution in [2.75, 3.05) is 13.2 Å². The predicted octanol–water partition coefficient (Wildman–Crippen LogP) is 3.59. The number of aliphatic hydroxyl groups excluding tert-OH is 1. The largest absolute Gasteiger partial charge is 0.395 e. The maximum atomic E-state index is 14.5. The van der Waals surface area contributed by atoms with Crippen molar-refractivity contribution >= 4 is 17.3 Å². The molecule has 0 unspecified atom stereocenters. The Morgan fingerprint density at radius 3 is 2.62 bits per heavy atom. The minimum absolute atomic E-state index is 0.0146. The molecule has 7 heteroatoms. The standard InChI is InChI=1S/C22H23FN4OS/c1-14-13-16(15(2)27(14)19-9-4-3-7-17(19)23)21-20(18-8-5-6-10-24-18)25-22(29)26(21)11-12-28/h3-10,13,20-21,28H,11-12H2,1-2H3,(H,25,29)/t20-,21+/m1/s1. The second-order valence-corrected chi connectivity index (χ2v) is 7.54. The first kappa shape index (κ1) is 19.5. The van der Waals surface area contributed by atoms with Gasteiger partial charge in [0.05, 0.1) is 30.1 Å². The monoisotopic (exact) mass is 410 g/mol. The van der Waals surface area contributed by atoms with Gasteiger partial charge in [-0.3, -0.25) is 4.98 Å². The fourth-order valence-electron chi connectivity index (χ4n) is 4.18. The SMILES string of the molecule is Cc1cc([C@H]2[C@@H](c3ccccn3)NC(=S)N2CCO)c(C)n1-c1ccccc1F. The number of hydrogen-bond donors (Lipinski definition) is 2. The van der Waals surface area contributed by atoms with Gasteiger partial charge < -0.3 is 19.9 Å². The second-order valence-electron chi connectivity index (χ2n) is 7.16. The van der Waals surface area contributed by atoms with Gasteiger partial charge in [-0.2, -0.15) is 0 Å². The first-order chi connectivity index (χ1) is 14.0. The second kappa shape index (κ2) is 7.93. The lowest BCUT2D eigenvalue weighted by Crippen LogP contribution is -2.32. The molecule has 0 spiro atoms. The number of hydrogen-bond acceptors (Lipinski definition) is 3. The van der Waals surface area contributed by atoms with E-state index in [1.165, 1.54) is 6.07 Å². The van der Waals surface area contributed by atoms with Gasteiger partial charge in [0.2, 0.25) is 0 Å². The van der Waals surface area contributed by atoms with E-state index >= 15 is 0 Å². The molecule has 2 N–H and O–H groups in total. The number of pyridine rings is 1. The molecule has 0 amide bonds. The maximum Gasteiger partial charge on any atom is 0.170 e. The number of nitrogens with zero attached hydrogens (tertiary/aromatic N) is 3. The summed E-state index contributed by atoms with van der Waals surface area (Å²) in [6, 6.07) is 14.3. The molecule has 4 rings (SSSR count). The highest BCUT2D eigenvalue weighted by Gasteiger charge is 2.41. The van der Waals surface area contributed by atoms with Crippen molar-refractivity contribution in [1.29, 1.82) is 0 Å². The Hall–Kier alpha value is -2.77. The molecular formula is C22H23FN4OS. The number of aliphatic hydroxyl groups is 1. The molecule has 2 atom stereocenters. The van der Waals surface area contributed by atoms with Crippen molar-refractivity contribution in [3.8, 4) is 5.69 Å². The molecule has 150 valence electrons. The van der Waals surface area contributed by atoms with E-state index in [-0.39, 0.29) is 24.5 Å². The molecule has 0 bridgehead atoms. The van der Waals surface area contributed by atoms with Crippen molar-refractivity contribution < 1.29 is 9.50 Å². The first-order valence-electron chi connectivity index (χ1n) is 9.55. The summed E-state index contributed by atoms with van der Waals surface area (Å²) >= 11 is 5.57. The summed E-state index contributed by atoms with van der Waals surface area (Å²) in [4.78, 5) is 6.51. The van der Waals surface area contributed by atoms with Crippen LogP contribution in [0.3, 0.4) is 0 Å². The average Bonchev–Trinajstić information content (AvgIpc) is 3.19. The van der Waals surface area contributed by atoms with Crippen LogP contribution in [0, 0.1) is 19.7 Å². The van der Waals surface area contributed by atoms with Crippen molar-refractivity contribution in [3.63, 3.8) is 0 Å². The van der Waals surface area contributed by atoms with Gasteiger partial charge in [-0.05, 0) is 62.0 Å². The third-order valence-electron chi connectivity index (χ3n) is 5.42. The van der Waals surface area contributed by atoms with E-state index < -0.39 is 0 Å². The smallest absolute Gasteiger partial charge is 0.170 e. The van der Waals surface area contributed by atoms with Gasteiger partial charge in [0.1, 0.15) is 5.82 Å². The van der Waals surface area contributed by atoms with Gasteiger partial charge in [-0.25, -0.2) is 4.39 Å². The highest BCUT2D eigenvalue weighted by atomic mass is 32.1. The summed E-state index contributed by atoms with van der Waals surface area (Å²) in [5.41, 5.74) is 4.29. The number of β-amino-alcohol motifs (C(OH)–C–C–N with tert-alkyl or cyclic N) is 1. The van der Waals surface area contributed by atoms with Crippen molar-refractivity contribution in [3.05, 3.63) is 83.2 Å². The number of nitrogens with one attached hydrogen (secondary N) is 1. The third kappa shape index (κ3) is 3.41. The van der Waals surface area contributed by atoms with Crippen LogP contribution < -0.4 is 5.32 Å². The van der Waals surface area contributed by atoms with Crippen LogP contribution in [-0.2, 0) is 0 Å². The minimum atomic E-state index is -0.269. The normalized spacial score (nSPS) is 18.9. The summed E-state index contributed by atoms with van der Waals surface area (Å²) in [7, 11) is 0. The Balaban J connectivity index is 1.85. The summed E-state index contributed by atoms with van der Waals surface area (Å²) in [6.45, 7) is 4.35. The lowest BCUT2D eigenvalue weighted by Gasteiger charge is -2.27. The van der Waals surface area contributed by atoms with Crippen LogP contribution >= 0.6 is 12.2 Å². The molecule has 0 aliphatic carbocycles. The average molecular weight is 411 g/mol. The Kier molecular flexibility index (Phi) is 5.34. The molecular weight excluding hydrogens is 387 g/mol. The Bertz CT molecular complexity index is 1040. The van der Waals surface area contributed by atoms with Gasteiger partial charge in [0.15, 0.2) is 5.11 Å². The zero-order chi connectivity index (χ0) is 20.5. The molecule has 0 radical (unpaired) electrons. The molecule has 3 aromatic rings. The van der Waals surface area contributed by atoms with Gasteiger partial charge >= 0.3 is 0 Å². The topological polar surface area (TPSA) is 53.3 Å². The molecule has 5 nitrogen and oxygen atoms in total. The molecule has 1 aliphatic rings. The van der Waals surface area contributed by atoms with E-state index in [1.807, 2.05) is 47.6 Å². The number of benzene rings is 1. The fraction of sp³-hybridized carbons (Fsp3) is 0.273. The first-order valence-corrected chi connectivity index (χ1v) is 9.96. The number of halogens is 1. The van der Waals surface area contributed by atoms with Crippen LogP contribution in [-0.4, -0.2) is 37.8 Å². The van der Waals surface area contributed by atoms with Gasteiger partial charge in [-0.15, -0.1) is 0 Å². The van der Waals surface area contributed by atoms with Gasteiger partial charge in [0.25, 0.3) is 0 Å². The summed E-state index contributed by atoms with van der Waals surface area (Å²) in [5, 5.41) is 13.6. The minimum Gasteiger partial charge on any atom is -0.395 e. The van der Waals surface area contributed by atoms with Crippen LogP contribution in [0.15, 0.2) is 54.7 Å². The highest BCUT2D eigenvalue weighted by Crippen LogP contribution is 2.41. The molecule has 0 saturated carbocycles. The van der Waals surface area contributed by atoms with Crippen LogP contribution in [0.4, 0.5) is 4.39 Å². The van der Waals surface area contributed by atoms with E-state index in [2.05, 4.69) is 16.4 Å². The molecule has 1 saturated heterocycles. The lowest BCUT2D eigenvalue weighted by molar-refractivity contribution is 0.223. The number of aromatic nitrogens is 2. The quantitative estimate of drug-likeness (QED) is 0.630. The Morgan fingerprint density at radius 2 is 1.93 bits per heavy atom. The molecule has 29 heavy (non-hydrogen) atoms. The van der Waals surface area contributed by atoms with Crippen LogP contribution in [0.5, 0.6) is 0 Å². The van der Waals surface area contributed by atoms with Gasteiger partial charge in [-0.1, -0.05) is 18.2 Å². The lowest BCUT2D eigenvalue weighted by atomic mass is 9.97. The summed E-state index contributed by atoms with van der Waals surface area (Å²) < 4.78 is 16.4. The molecule has 2 aromatic heterocycles. The highest BCUT2D eigenvalue weighted by molar-refractivity contribution is 7.80. The number of para-hydroxylation sites is 1. The number of thiocarbonyl (C=S) groups is 1. The van der Waals surface area contributed by atoms with E-state index in [0.29, 0.717) is 17.3 Å². The maximum absolute atomic E-state index is 14.5.